The lowest BCUT2D eigenvalue weighted by Gasteiger charge is -2.24. The lowest BCUT2D eigenvalue weighted by molar-refractivity contribution is -0.115. The summed E-state index contributed by atoms with van der Waals surface area (Å²) in [5.41, 5.74) is 7.34. The standard InChI is InChI=1S/C11H17N7O4/c1-11(2-19)6(21)5(20)9(22-11)18-3-14-4-7(12)15-10(17-13)16-8(4)18/h3,5-6,9,19-21H,2,13H2,1H3,(H3,12,15,16,17)/t5-,6+,9?,11-/m1/s1. The lowest BCUT2D eigenvalue weighted by atomic mass is 9.99. The number of nitrogens with zero attached hydrogens (tertiary/aromatic N) is 4. The zero-order valence-electron chi connectivity index (χ0n) is 11.7. The molecule has 3 rings (SSSR count). The molecule has 0 saturated carbocycles. The number of hydrogen-bond donors (Lipinski definition) is 6. The molecule has 11 nitrogen and oxygen atoms in total. The van der Waals surface area contributed by atoms with E-state index >= 15 is 0 Å². The molecular formula is C11H17N7O4. The molecule has 2 aromatic rings. The number of aliphatic hydroxyl groups excluding tert-OH is 3. The Morgan fingerprint density at radius 3 is 2.77 bits per heavy atom. The molecule has 0 aliphatic carbocycles. The molecule has 1 saturated heterocycles. The average Bonchev–Trinajstić information content (AvgIpc) is 3.03. The maximum atomic E-state index is 10.2. The van der Waals surface area contributed by atoms with Crippen LogP contribution >= 0.6 is 0 Å². The van der Waals surface area contributed by atoms with Crippen LogP contribution < -0.4 is 17.0 Å². The molecule has 3 heterocycles. The predicted molar refractivity (Wildman–Crippen MR) is 75.2 cm³/mol. The van der Waals surface area contributed by atoms with Crippen molar-refractivity contribution >= 4 is 22.9 Å². The third-order valence-electron chi connectivity index (χ3n) is 3.80. The second-order valence-corrected chi connectivity index (χ2v) is 5.32. The van der Waals surface area contributed by atoms with Crippen molar-refractivity contribution in [1.82, 2.24) is 19.5 Å². The Kier molecular flexibility index (Phi) is 3.38. The molecule has 0 aromatic carbocycles. The van der Waals surface area contributed by atoms with Crippen LogP contribution in [0.4, 0.5) is 11.8 Å². The van der Waals surface area contributed by atoms with Gasteiger partial charge in [0, 0.05) is 0 Å². The van der Waals surface area contributed by atoms with Crippen LogP contribution in [0.2, 0.25) is 0 Å². The van der Waals surface area contributed by atoms with E-state index in [1.165, 1.54) is 17.8 Å². The smallest absolute Gasteiger partial charge is 0.241 e. The van der Waals surface area contributed by atoms with Gasteiger partial charge in [-0.25, -0.2) is 10.8 Å². The number of rotatable bonds is 3. The number of anilines is 2. The van der Waals surface area contributed by atoms with Crippen molar-refractivity contribution in [2.24, 2.45) is 5.84 Å². The molecule has 0 amide bonds. The number of nitrogens with two attached hydrogens (primary N) is 2. The molecular weight excluding hydrogens is 294 g/mol. The fourth-order valence-electron chi connectivity index (χ4n) is 2.47. The van der Waals surface area contributed by atoms with Crippen LogP contribution in [-0.4, -0.2) is 59.3 Å². The van der Waals surface area contributed by atoms with Crippen LogP contribution in [0.15, 0.2) is 6.33 Å². The third kappa shape index (κ3) is 1.99. The summed E-state index contributed by atoms with van der Waals surface area (Å²) >= 11 is 0. The highest BCUT2D eigenvalue weighted by Crippen LogP contribution is 2.38. The first-order valence-corrected chi connectivity index (χ1v) is 6.52. The highest BCUT2D eigenvalue weighted by atomic mass is 16.6. The van der Waals surface area contributed by atoms with Gasteiger partial charge >= 0.3 is 0 Å². The molecule has 0 bridgehead atoms. The second-order valence-electron chi connectivity index (χ2n) is 5.32. The highest BCUT2D eigenvalue weighted by Gasteiger charge is 2.52. The van der Waals surface area contributed by atoms with Gasteiger partial charge < -0.3 is 25.8 Å². The number of hydrazine groups is 1. The van der Waals surface area contributed by atoms with Gasteiger partial charge in [-0.1, -0.05) is 0 Å². The zero-order chi connectivity index (χ0) is 16.1. The molecule has 1 aliphatic heterocycles. The Labute approximate surface area is 124 Å². The van der Waals surface area contributed by atoms with Crippen LogP contribution in [-0.2, 0) is 4.74 Å². The summed E-state index contributed by atoms with van der Waals surface area (Å²) in [6.45, 7) is 1.04. The van der Waals surface area contributed by atoms with Crippen molar-refractivity contribution in [1.29, 1.82) is 0 Å². The summed E-state index contributed by atoms with van der Waals surface area (Å²) < 4.78 is 7.01. The molecule has 1 fully saturated rings. The minimum absolute atomic E-state index is 0.0738. The molecule has 0 radical (unpaired) electrons. The fourth-order valence-corrected chi connectivity index (χ4v) is 2.47. The number of ether oxygens (including phenoxy) is 1. The van der Waals surface area contributed by atoms with E-state index in [1.807, 2.05) is 0 Å². The molecule has 22 heavy (non-hydrogen) atoms. The third-order valence-corrected chi connectivity index (χ3v) is 3.80. The first-order chi connectivity index (χ1) is 10.4. The summed E-state index contributed by atoms with van der Waals surface area (Å²) in [6, 6.07) is 0. The first kappa shape index (κ1) is 14.9. The number of aliphatic hydroxyl groups is 3. The van der Waals surface area contributed by atoms with Crippen LogP contribution in [0, 0.1) is 0 Å². The van der Waals surface area contributed by atoms with Gasteiger partial charge in [0.15, 0.2) is 17.7 Å². The van der Waals surface area contributed by atoms with E-state index < -0.39 is 30.6 Å². The van der Waals surface area contributed by atoms with Crippen molar-refractivity contribution in [3.8, 4) is 0 Å². The van der Waals surface area contributed by atoms with E-state index in [1.54, 1.807) is 0 Å². The van der Waals surface area contributed by atoms with E-state index in [0.29, 0.717) is 5.52 Å². The Hall–Kier alpha value is -2.05. The van der Waals surface area contributed by atoms with E-state index in [9.17, 15) is 15.3 Å². The summed E-state index contributed by atoms with van der Waals surface area (Å²) in [4.78, 5) is 12.1. The zero-order valence-corrected chi connectivity index (χ0v) is 11.7. The van der Waals surface area contributed by atoms with Gasteiger partial charge in [0.2, 0.25) is 5.95 Å². The van der Waals surface area contributed by atoms with Crippen molar-refractivity contribution in [2.75, 3.05) is 17.8 Å². The van der Waals surface area contributed by atoms with Gasteiger partial charge in [0.05, 0.1) is 12.9 Å². The maximum Gasteiger partial charge on any atom is 0.241 e. The molecule has 8 N–H and O–H groups in total. The van der Waals surface area contributed by atoms with Crippen LogP contribution in [0.1, 0.15) is 13.2 Å². The Balaban J connectivity index is 2.09. The highest BCUT2D eigenvalue weighted by molar-refractivity contribution is 5.82. The summed E-state index contributed by atoms with van der Waals surface area (Å²) in [5, 5.41) is 29.6. The largest absolute Gasteiger partial charge is 0.393 e. The van der Waals surface area contributed by atoms with Crippen molar-refractivity contribution in [2.45, 2.75) is 31.0 Å². The molecule has 11 heteroatoms. The maximum absolute atomic E-state index is 10.2. The predicted octanol–water partition coefficient (Wildman–Crippen LogP) is -2.30. The molecule has 1 aliphatic rings. The van der Waals surface area contributed by atoms with Gasteiger partial charge in [-0.3, -0.25) is 9.99 Å². The molecule has 4 atom stereocenters. The Morgan fingerprint density at radius 1 is 1.45 bits per heavy atom. The summed E-state index contributed by atoms with van der Waals surface area (Å²) in [7, 11) is 0. The van der Waals surface area contributed by atoms with Crippen molar-refractivity contribution < 1.29 is 20.1 Å². The number of nitrogen functional groups attached to an aromatic ring is 2. The SMILES string of the molecule is C[C@]1(CO)OC(n2cnc3c(N)nc(NN)nc32)[C@H](O)[C@@H]1O. The fraction of sp³-hybridized carbons (Fsp3) is 0.545. The van der Waals surface area contributed by atoms with E-state index in [2.05, 4.69) is 20.4 Å². The van der Waals surface area contributed by atoms with E-state index in [4.69, 9.17) is 16.3 Å². The van der Waals surface area contributed by atoms with Crippen molar-refractivity contribution in [3.63, 3.8) is 0 Å². The Morgan fingerprint density at radius 2 is 2.18 bits per heavy atom. The molecule has 0 spiro atoms. The minimum atomic E-state index is -1.30. The first-order valence-electron chi connectivity index (χ1n) is 6.52. The van der Waals surface area contributed by atoms with Gasteiger partial charge in [-0.05, 0) is 6.92 Å². The van der Waals surface area contributed by atoms with E-state index in [-0.39, 0.29) is 17.4 Å². The van der Waals surface area contributed by atoms with Crippen LogP contribution in [0.3, 0.4) is 0 Å². The summed E-state index contributed by atoms with van der Waals surface area (Å²) in [6.07, 6.45) is -2.18. The van der Waals surface area contributed by atoms with E-state index in [0.717, 1.165) is 0 Å². The Bertz CT molecular complexity index is 707. The topological polar surface area (TPSA) is 178 Å². The van der Waals surface area contributed by atoms with Gasteiger partial charge in [-0.15, -0.1) is 0 Å². The van der Waals surface area contributed by atoms with Gasteiger partial charge in [-0.2, -0.15) is 9.97 Å². The number of fused-ring (bicyclic) bond motifs is 1. The van der Waals surface area contributed by atoms with Crippen LogP contribution in [0.25, 0.3) is 11.2 Å². The summed E-state index contributed by atoms with van der Waals surface area (Å²) in [5.74, 6) is 5.46. The molecule has 120 valence electrons. The van der Waals surface area contributed by atoms with Gasteiger partial charge in [0.25, 0.3) is 0 Å². The van der Waals surface area contributed by atoms with Gasteiger partial charge in [0.1, 0.15) is 23.3 Å². The number of imidazole rings is 1. The number of nitrogens with one attached hydrogen (secondary N) is 1. The lowest BCUT2D eigenvalue weighted by Crippen LogP contribution is -2.43. The minimum Gasteiger partial charge on any atom is -0.393 e. The second kappa shape index (κ2) is 5.00. The number of aromatic nitrogens is 4. The molecule has 2 aromatic heterocycles. The normalized spacial score (nSPS) is 31.8. The number of hydrogen-bond acceptors (Lipinski definition) is 10. The molecule has 1 unspecified atom stereocenters. The van der Waals surface area contributed by atoms with Crippen LogP contribution in [0.5, 0.6) is 0 Å². The monoisotopic (exact) mass is 311 g/mol. The van der Waals surface area contributed by atoms with Crippen molar-refractivity contribution in [3.05, 3.63) is 6.33 Å². The quantitative estimate of drug-likeness (QED) is 0.266. The average molecular weight is 311 g/mol.